The fraction of sp³-hybridized carbons (Fsp3) is 0.357. The summed E-state index contributed by atoms with van der Waals surface area (Å²) in [5.74, 6) is -0.194. The zero-order chi connectivity index (χ0) is 14.5. The van der Waals surface area contributed by atoms with Crippen LogP contribution in [0.1, 0.15) is 16.8 Å². The predicted molar refractivity (Wildman–Crippen MR) is 76.9 cm³/mol. The molecule has 2 rings (SSSR count). The largest absolute Gasteiger partial charge is 0.338 e. The van der Waals surface area contributed by atoms with E-state index in [9.17, 15) is 9.59 Å². The van der Waals surface area contributed by atoms with Crippen LogP contribution >= 0.6 is 15.9 Å². The minimum Gasteiger partial charge on any atom is -0.338 e. The highest BCUT2D eigenvalue weighted by Crippen LogP contribution is 2.15. The third-order valence-electron chi connectivity index (χ3n) is 3.22. The van der Waals surface area contributed by atoms with Gasteiger partial charge in [-0.15, -0.1) is 0 Å². The first-order valence-corrected chi connectivity index (χ1v) is 7.10. The van der Waals surface area contributed by atoms with Gasteiger partial charge in [-0.2, -0.15) is 5.26 Å². The van der Waals surface area contributed by atoms with E-state index in [1.807, 2.05) is 18.2 Å². The van der Waals surface area contributed by atoms with Crippen molar-refractivity contribution < 1.29 is 9.59 Å². The molecule has 1 aromatic carbocycles. The van der Waals surface area contributed by atoms with Gasteiger partial charge >= 0.3 is 0 Å². The van der Waals surface area contributed by atoms with Crippen LogP contribution in [0.2, 0.25) is 0 Å². The molecule has 1 fully saturated rings. The summed E-state index contributed by atoms with van der Waals surface area (Å²) in [6.45, 7) is 1.98. The number of carbonyl (C=O) groups excluding carboxylic acids is 2. The van der Waals surface area contributed by atoms with Crippen molar-refractivity contribution in [2.24, 2.45) is 0 Å². The van der Waals surface area contributed by atoms with E-state index >= 15 is 0 Å². The van der Waals surface area contributed by atoms with Crippen molar-refractivity contribution in [3.63, 3.8) is 0 Å². The molecule has 0 spiro atoms. The maximum Gasteiger partial charge on any atom is 0.254 e. The molecule has 1 saturated heterocycles. The smallest absolute Gasteiger partial charge is 0.254 e. The highest BCUT2D eigenvalue weighted by molar-refractivity contribution is 9.10. The summed E-state index contributed by atoms with van der Waals surface area (Å²) < 4.78 is 0.867. The summed E-state index contributed by atoms with van der Waals surface area (Å²) in [5.41, 5.74) is 0.635. The minimum absolute atomic E-state index is 0.0290. The Labute approximate surface area is 125 Å². The number of hydrogen-bond donors (Lipinski definition) is 0. The molecule has 0 unspecified atom stereocenters. The molecule has 0 atom stereocenters. The van der Waals surface area contributed by atoms with Crippen molar-refractivity contribution in [3.05, 3.63) is 34.3 Å². The van der Waals surface area contributed by atoms with E-state index in [1.54, 1.807) is 21.9 Å². The van der Waals surface area contributed by atoms with Crippen LogP contribution in [0.15, 0.2) is 28.7 Å². The molecule has 6 heteroatoms. The lowest BCUT2D eigenvalue weighted by molar-refractivity contribution is -0.131. The van der Waals surface area contributed by atoms with Crippen LogP contribution in [0.3, 0.4) is 0 Å². The standard InChI is InChI=1S/C14H14BrN3O2/c15-12-3-1-2-11(10-12)14(20)18-8-6-17(7-9-18)13(19)4-5-16/h1-3,10H,4,6-9H2. The zero-order valence-electron chi connectivity index (χ0n) is 10.9. The molecule has 20 heavy (non-hydrogen) atoms. The van der Waals surface area contributed by atoms with Crippen molar-refractivity contribution in [1.82, 2.24) is 9.80 Å². The second kappa shape index (κ2) is 6.53. The second-order valence-corrected chi connectivity index (χ2v) is 5.43. The summed E-state index contributed by atoms with van der Waals surface area (Å²) in [6, 6.07) is 9.11. The van der Waals surface area contributed by atoms with Gasteiger partial charge in [-0.25, -0.2) is 0 Å². The maximum absolute atomic E-state index is 12.3. The Hall–Kier alpha value is -1.87. The predicted octanol–water partition coefficient (Wildman–Crippen LogP) is 1.65. The molecule has 1 aliphatic rings. The Morgan fingerprint density at radius 3 is 2.45 bits per heavy atom. The van der Waals surface area contributed by atoms with E-state index in [-0.39, 0.29) is 18.2 Å². The lowest BCUT2D eigenvalue weighted by atomic mass is 10.2. The highest BCUT2D eigenvalue weighted by atomic mass is 79.9. The molecule has 1 aromatic rings. The summed E-state index contributed by atoms with van der Waals surface area (Å²) >= 11 is 3.35. The molecule has 1 aliphatic heterocycles. The van der Waals surface area contributed by atoms with Crippen LogP contribution in [-0.2, 0) is 4.79 Å². The van der Waals surface area contributed by atoms with Gasteiger partial charge in [0.2, 0.25) is 5.91 Å². The Morgan fingerprint density at radius 2 is 1.85 bits per heavy atom. The molecule has 2 amide bonds. The third-order valence-corrected chi connectivity index (χ3v) is 3.71. The second-order valence-electron chi connectivity index (χ2n) is 4.52. The van der Waals surface area contributed by atoms with E-state index in [2.05, 4.69) is 15.9 Å². The van der Waals surface area contributed by atoms with Gasteiger partial charge in [-0.1, -0.05) is 22.0 Å². The number of rotatable bonds is 2. The fourth-order valence-corrected chi connectivity index (χ4v) is 2.54. The van der Waals surface area contributed by atoms with Crippen molar-refractivity contribution in [1.29, 1.82) is 5.26 Å². The van der Waals surface area contributed by atoms with Crippen molar-refractivity contribution in [2.45, 2.75) is 6.42 Å². The summed E-state index contributed by atoms with van der Waals surface area (Å²) in [4.78, 5) is 27.3. The van der Waals surface area contributed by atoms with Gasteiger partial charge in [0.1, 0.15) is 6.42 Å². The normalized spacial score (nSPS) is 14.8. The van der Waals surface area contributed by atoms with E-state index in [0.717, 1.165) is 4.47 Å². The van der Waals surface area contributed by atoms with E-state index in [1.165, 1.54) is 0 Å². The topological polar surface area (TPSA) is 64.4 Å². The summed E-state index contributed by atoms with van der Waals surface area (Å²) in [6.07, 6.45) is -0.0976. The Bertz CT molecular complexity index is 560. The maximum atomic E-state index is 12.3. The minimum atomic E-state index is -0.165. The van der Waals surface area contributed by atoms with E-state index in [0.29, 0.717) is 31.7 Å². The number of nitriles is 1. The first kappa shape index (κ1) is 14.5. The zero-order valence-corrected chi connectivity index (χ0v) is 12.5. The summed E-state index contributed by atoms with van der Waals surface area (Å²) in [5, 5.41) is 8.52. The molecule has 104 valence electrons. The van der Waals surface area contributed by atoms with Crippen molar-refractivity contribution in [2.75, 3.05) is 26.2 Å². The Kier molecular flexibility index (Phi) is 4.74. The van der Waals surface area contributed by atoms with Crippen LogP contribution < -0.4 is 0 Å². The van der Waals surface area contributed by atoms with Gasteiger partial charge in [0, 0.05) is 36.2 Å². The molecule has 0 radical (unpaired) electrons. The number of amides is 2. The van der Waals surface area contributed by atoms with Crippen LogP contribution in [0.5, 0.6) is 0 Å². The molecule has 0 aromatic heterocycles. The Balaban J connectivity index is 1.96. The van der Waals surface area contributed by atoms with Crippen LogP contribution in [-0.4, -0.2) is 47.8 Å². The molecule has 5 nitrogen and oxygen atoms in total. The van der Waals surface area contributed by atoms with Crippen LogP contribution in [0.4, 0.5) is 0 Å². The number of carbonyl (C=O) groups is 2. The number of halogens is 1. The van der Waals surface area contributed by atoms with Gasteiger partial charge in [0.05, 0.1) is 6.07 Å². The Morgan fingerprint density at radius 1 is 1.20 bits per heavy atom. The van der Waals surface area contributed by atoms with Gasteiger partial charge < -0.3 is 9.80 Å². The molecule has 0 aliphatic carbocycles. The third kappa shape index (κ3) is 3.36. The van der Waals surface area contributed by atoms with E-state index < -0.39 is 0 Å². The average molecular weight is 336 g/mol. The SMILES string of the molecule is N#CCC(=O)N1CCN(C(=O)c2cccc(Br)c2)CC1. The number of benzene rings is 1. The number of nitrogens with zero attached hydrogens (tertiary/aromatic N) is 3. The fourth-order valence-electron chi connectivity index (χ4n) is 2.14. The first-order valence-electron chi connectivity index (χ1n) is 6.31. The van der Waals surface area contributed by atoms with Crippen LogP contribution in [0, 0.1) is 11.3 Å². The molecular formula is C14H14BrN3O2. The van der Waals surface area contributed by atoms with Crippen LogP contribution in [0.25, 0.3) is 0 Å². The van der Waals surface area contributed by atoms with Gasteiger partial charge in [-0.05, 0) is 18.2 Å². The van der Waals surface area contributed by atoms with Gasteiger partial charge in [0.25, 0.3) is 5.91 Å². The molecule has 1 heterocycles. The lowest BCUT2D eigenvalue weighted by Gasteiger charge is -2.34. The summed E-state index contributed by atoms with van der Waals surface area (Å²) in [7, 11) is 0. The highest BCUT2D eigenvalue weighted by Gasteiger charge is 2.24. The lowest BCUT2D eigenvalue weighted by Crippen LogP contribution is -2.50. The molecular weight excluding hydrogens is 322 g/mol. The number of piperazine rings is 1. The molecule has 0 bridgehead atoms. The van der Waals surface area contributed by atoms with Crippen molar-refractivity contribution in [3.8, 4) is 6.07 Å². The first-order chi connectivity index (χ1) is 9.61. The quantitative estimate of drug-likeness (QED) is 0.825. The monoisotopic (exact) mass is 335 g/mol. The van der Waals surface area contributed by atoms with E-state index in [4.69, 9.17) is 5.26 Å². The van der Waals surface area contributed by atoms with Gasteiger partial charge in [-0.3, -0.25) is 9.59 Å². The molecule has 0 N–H and O–H groups in total. The number of hydrogen-bond acceptors (Lipinski definition) is 3. The van der Waals surface area contributed by atoms with Gasteiger partial charge in [0.15, 0.2) is 0 Å². The van der Waals surface area contributed by atoms with Crippen molar-refractivity contribution >= 4 is 27.7 Å². The average Bonchev–Trinajstić information content (AvgIpc) is 2.47. The molecule has 0 saturated carbocycles.